The van der Waals surface area contributed by atoms with E-state index in [0.29, 0.717) is 18.2 Å². The van der Waals surface area contributed by atoms with Gasteiger partial charge in [0.2, 0.25) is 0 Å². The standard InChI is InChI=1S/C13H17ClN4.HI/c1-3-8-16-13(15-4-2)17-9-7-11-5-6-12(14)18-10-11;/h1,5-6,10H,4,7-9H2,2H3,(H2,15,16,17);1H. The fourth-order valence-electron chi connectivity index (χ4n) is 1.33. The number of aromatic nitrogens is 1. The highest BCUT2D eigenvalue weighted by Gasteiger charge is 1.96. The molecule has 0 saturated heterocycles. The second kappa shape index (κ2) is 10.9. The Morgan fingerprint density at radius 1 is 1.47 bits per heavy atom. The molecule has 1 aromatic heterocycles. The second-order valence-electron chi connectivity index (χ2n) is 3.56. The van der Waals surface area contributed by atoms with E-state index in [2.05, 4.69) is 26.5 Å². The van der Waals surface area contributed by atoms with E-state index in [1.807, 2.05) is 13.0 Å². The molecule has 0 saturated carbocycles. The number of terminal acetylenes is 1. The van der Waals surface area contributed by atoms with Gasteiger partial charge in [-0.05, 0) is 25.0 Å². The van der Waals surface area contributed by atoms with Crippen molar-refractivity contribution in [3.63, 3.8) is 0 Å². The van der Waals surface area contributed by atoms with Crippen LogP contribution in [0.5, 0.6) is 0 Å². The molecule has 0 fully saturated rings. The minimum absolute atomic E-state index is 0. The van der Waals surface area contributed by atoms with Crippen LogP contribution in [-0.4, -0.2) is 30.6 Å². The van der Waals surface area contributed by atoms with E-state index in [4.69, 9.17) is 18.0 Å². The molecule has 2 N–H and O–H groups in total. The molecule has 0 spiro atoms. The molecule has 0 unspecified atom stereocenters. The number of nitrogens with one attached hydrogen (secondary N) is 2. The molecule has 0 amide bonds. The van der Waals surface area contributed by atoms with Gasteiger partial charge in [-0.15, -0.1) is 30.4 Å². The number of aliphatic imine (C=N–C) groups is 1. The van der Waals surface area contributed by atoms with Gasteiger partial charge < -0.3 is 10.6 Å². The Hall–Kier alpha value is -1.000. The largest absolute Gasteiger partial charge is 0.357 e. The minimum Gasteiger partial charge on any atom is -0.357 e. The highest BCUT2D eigenvalue weighted by Crippen LogP contribution is 2.05. The zero-order chi connectivity index (χ0) is 13.2. The predicted molar refractivity (Wildman–Crippen MR) is 91.2 cm³/mol. The summed E-state index contributed by atoms with van der Waals surface area (Å²) in [4.78, 5) is 8.43. The lowest BCUT2D eigenvalue weighted by molar-refractivity contribution is 0.854. The maximum atomic E-state index is 5.72. The average molecular weight is 393 g/mol. The van der Waals surface area contributed by atoms with E-state index in [9.17, 15) is 0 Å². The molecule has 1 heterocycles. The third-order valence-corrected chi connectivity index (χ3v) is 2.38. The number of hydrogen-bond donors (Lipinski definition) is 2. The first-order valence-electron chi connectivity index (χ1n) is 5.82. The van der Waals surface area contributed by atoms with Crippen LogP contribution < -0.4 is 10.6 Å². The number of guanidine groups is 1. The third-order valence-electron chi connectivity index (χ3n) is 2.16. The van der Waals surface area contributed by atoms with Crippen molar-refractivity contribution >= 4 is 41.5 Å². The minimum atomic E-state index is 0. The summed E-state index contributed by atoms with van der Waals surface area (Å²) in [6, 6.07) is 3.73. The zero-order valence-electron chi connectivity index (χ0n) is 10.8. The van der Waals surface area contributed by atoms with Gasteiger partial charge in [0.25, 0.3) is 0 Å². The Morgan fingerprint density at radius 2 is 2.26 bits per heavy atom. The number of nitrogens with zero attached hydrogens (tertiary/aromatic N) is 2. The lowest BCUT2D eigenvalue weighted by Crippen LogP contribution is -2.37. The van der Waals surface area contributed by atoms with E-state index in [1.54, 1.807) is 12.3 Å². The molecule has 0 aromatic carbocycles. The maximum Gasteiger partial charge on any atom is 0.192 e. The van der Waals surface area contributed by atoms with Crippen molar-refractivity contribution in [2.24, 2.45) is 4.99 Å². The Labute approximate surface area is 136 Å². The molecule has 0 atom stereocenters. The van der Waals surface area contributed by atoms with Crippen LogP contribution in [0.25, 0.3) is 0 Å². The van der Waals surface area contributed by atoms with Crippen LogP contribution in [0.4, 0.5) is 0 Å². The molecule has 0 aliphatic rings. The Morgan fingerprint density at radius 3 is 2.84 bits per heavy atom. The Kier molecular flexibility index (Phi) is 10.3. The lowest BCUT2D eigenvalue weighted by atomic mass is 10.2. The van der Waals surface area contributed by atoms with Gasteiger partial charge in [0, 0.05) is 19.3 Å². The van der Waals surface area contributed by atoms with Crippen LogP contribution in [-0.2, 0) is 6.42 Å². The van der Waals surface area contributed by atoms with E-state index in [0.717, 1.165) is 24.5 Å². The summed E-state index contributed by atoms with van der Waals surface area (Å²) in [6.07, 6.45) is 7.77. The van der Waals surface area contributed by atoms with Crippen molar-refractivity contribution < 1.29 is 0 Å². The number of pyridine rings is 1. The van der Waals surface area contributed by atoms with Crippen molar-refractivity contribution in [1.29, 1.82) is 0 Å². The van der Waals surface area contributed by atoms with Gasteiger partial charge in [0.1, 0.15) is 5.15 Å². The number of hydrogen-bond acceptors (Lipinski definition) is 2. The van der Waals surface area contributed by atoms with E-state index in [1.165, 1.54) is 0 Å². The summed E-state index contributed by atoms with van der Waals surface area (Å²) in [5.41, 5.74) is 1.11. The summed E-state index contributed by atoms with van der Waals surface area (Å²) in [5, 5.41) is 6.66. The lowest BCUT2D eigenvalue weighted by Gasteiger charge is -2.08. The molecule has 0 radical (unpaired) electrons. The highest BCUT2D eigenvalue weighted by atomic mass is 127. The molecule has 4 nitrogen and oxygen atoms in total. The first kappa shape index (κ1) is 18.0. The highest BCUT2D eigenvalue weighted by molar-refractivity contribution is 14.0. The Balaban J connectivity index is 0.00000324. The van der Waals surface area contributed by atoms with Crippen molar-refractivity contribution in [3.05, 3.63) is 29.0 Å². The van der Waals surface area contributed by atoms with Crippen molar-refractivity contribution in [2.75, 3.05) is 19.6 Å². The molecular formula is C13H18ClIN4. The maximum absolute atomic E-state index is 5.72. The summed E-state index contributed by atoms with van der Waals surface area (Å²) in [5.74, 6) is 3.25. The molecule has 1 rings (SSSR count). The van der Waals surface area contributed by atoms with Crippen LogP contribution in [0.1, 0.15) is 12.5 Å². The predicted octanol–water partition coefficient (Wildman–Crippen LogP) is 2.08. The molecule has 0 aliphatic carbocycles. The molecule has 0 bridgehead atoms. The fourth-order valence-corrected chi connectivity index (χ4v) is 1.44. The third kappa shape index (κ3) is 7.90. The van der Waals surface area contributed by atoms with Gasteiger partial charge in [-0.25, -0.2) is 4.98 Å². The number of halogens is 2. The van der Waals surface area contributed by atoms with Crippen LogP contribution in [0.2, 0.25) is 5.15 Å². The van der Waals surface area contributed by atoms with E-state index >= 15 is 0 Å². The first-order chi connectivity index (χ1) is 8.76. The van der Waals surface area contributed by atoms with Gasteiger partial charge in [-0.1, -0.05) is 23.6 Å². The topological polar surface area (TPSA) is 49.3 Å². The van der Waals surface area contributed by atoms with E-state index < -0.39 is 0 Å². The average Bonchev–Trinajstić information content (AvgIpc) is 2.38. The quantitative estimate of drug-likeness (QED) is 0.265. The molecule has 104 valence electrons. The fraction of sp³-hybridized carbons (Fsp3) is 0.385. The van der Waals surface area contributed by atoms with Crippen molar-refractivity contribution in [2.45, 2.75) is 13.3 Å². The number of rotatable bonds is 5. The molecular weight excluding hydrogens is 375 g/mol. The van der Waals surface area contributed by atoms with Crippen LogP contribution in [0.15, 0.2) is 23.3 Å². The van der Waals surface area contributed by atoms with Crippen LogP contribution >= 0.6 is 35.6 Å². The van der Waals surface area contributed by atoms with E-state index in [-0.39, 0.29) is 24.0 Å². The monoisotopic (exact) mass is 392 g/mol. The normalized spacial score (nSPS) is 10.3. The van der Waals surface area contributed by atoms with Gasteiger partial charge in [0.15, 0.2) is 5.96 Å². The first-order valence-corrected chi connectivity index (χ1v) is 6.20. The molecule has 0 aliphatic heterocycles. The molecule has 19 heavy (non-hydrogen) atoms. The van der Waals surface area contributed by atoms with Gasteiger partial charge in [-0.3, -0.25) is 4.99 Å². The summed E-state index contributed by atoms with van der Waals surface area (Å²) in [7, 11) is 0. The zero-order valence-corrected chi connectivity index (χ0v) is 13.9. The van der Waals surface area contributed by atoms with Crippen LogP contribution in [0, 0.1) is 12.3 Å². The molecule has 1 aromatic rings. The van der Waals surface area contributed by atoms with Crippen molar-refractivity contribution in [3.8, 4) is 12.3 Å². The molecule has 6 heteroatoms. The van der Waals surface area contributed by atoms with Gasteiger partial charge >= 0.3 is 0 Å². The summed E-state index contributed by atoms with van der Waals surface area (Å²) >= 11 is 5.72. The smallest absolute Gasteiger partial charge is 0.192 e. The van der Waals surface area contributed by atoms with Gasteiger partial charge in [-0.2, -0.15) is 0 Å². The second-order valence-corrected chi connectivity index (χ2v) is 3.94. The van der Waals surface area contributed by atoms with Crippen LogP contribution in [0.3, 0.4) is 0 Å². The summed E-state index contributed by atoms with van der Waals surface area (Å²) in [6.45, 7) is 3.95. The Bertz CT molecular complexity index is 425. The summed E-state index contributed by atoms with van der Waals surface area (Å²) < 4.78 is 0. The van der Waals surface area contributed by atoms with Crippen molar-refractivity contribution in [1.82, 2.24) is 15.6 Å². The SMILES string of the molecule is C#CCNC(=NCCc1ccc(Cl)nc1)NCC.I. The van der Waals surface area contributed by atoms with Gasteiger partial charge in [0.05, 0.1) is 6.54 Å².